The molecule has 4 nitrogen and oxygen atoms in total. The van der Waals surface area contributed by atoms with Crippen molar-refractivity contribution in [3.63, 3.8) is 0 Å². The van der Waals surface area contributed by atoms with Crippen molar-refractivity contribution in [3.05, 3.63) is 0 Å². The van der Waals surface area contributed by atoms with Crippen LogP contribution in [0.3, 0.4) is 0 Å². The van der Waals surface area contributed by atoms with Crippen molar-refractivity contribution in [2.24, 2.45) is 5.92 Å². The van der Waals surface area contributed by atoms with E-state index in [0.717, 1.165) is 25.8 Å². The summed E-state index contributed by atoms with van der Waals surface area (Å²) in [6.07, 6.45) is 3.06. The number of amides is 1. The normalized spacial score (nSPS) is 24.2. The highest BCUT2D eigenvalue weighted by Gasteiger charge is 2.33. The topological polar surface area (TPSA) is 50.4 Å². The van der Waals surface area contributed by atoms with E-state index in [4.69, 9.17) is 4.74 Å². The highest BCUT2D eigenvalue weighted by Crippen LogP contribution is 2.14. The summed E-state index contributed by atoms with van der Waals surface area (Å²) in [4.78, 5) is 12.1. The van der Waals surface area contributed by atoms with E-state index in [0.29, 0.717) is 19.3 Å². The standard InChI is InChI=1S/C13H26N2O2/c1-4-7-14-12-9-17-8-11(12)13(16)15-10(5-2)6-3/h10-12,14H,4-9H2,1-3H3,(H,15,16). The van der Waals surface area contributed by atoms with Gasteiger partial charge in [0.1, 0.15) is 0 Å². The summed E-state index contributed by atoms with van der Waals surface area (Å²) >= 11 is 0. The fourth-order valence-corrected chi connectivity index (χ4v) is 2.14. The molecule has 2 atom stereocenters. The Morgan fingerprint density at radius 1 is 1.29 bits per heavy atom. The second-order valence-electron chi connectivity index (χ2n) is 4.73. The second-order valence-corrected chi connectivity index (χ2v) is 4.73. The summed E-state index contributed by atoms with van der Waals surface area (Å²) in [5.41, 5.74) is 0. The number of rotatable bonds is 7. The molecule has 4 heteroatoms. The third-order valence-electron chi connectivity index (χ3n) is 3.41. The van der Waals surface area contributed by atoms with Gasteiger partial charge >= 0.3 is 0 Å². The first kappa shape index (κ1) is 14.5. The van der Waals surface area contributed by atoms with Gasteiger partial charge in [0, 0.05) is 12.1 Å². The molecule has 1 aliphatic rings. The molecule has 0 aliphatic carbocycles. The summed E-state index contributed by atoms with van der Waals surface area (Å²) in [6.45, 7) is 8.48. The number of hydrogen-bond acceptors (Lipinski definition) is 3. The van der Waals surface area contributed by atoms with Crippen molar-refractivity contribution in [1.82, 2.24) is 10.6 Å². The Bertz CT molecular complexity index is 229. The van der Waals surface area contributed by atoms with Crippen LogP contribution < -0.4 is 10.6 Å². The highest BCUT2D eigenvalue weighted by atomic mass is 16.5. The van der Waals surface area contributed by atoms with Gasteiger partial charge in [-0.15, -0.1) is 0 Å². The van der Waals surface area contributed by atoms with Crippen LogP contribution in [0.5, 0.6) is 0 Å². The van der Waals surface area contributed by atoms with Crippen LogP contribution >= 0.6 is 0 Å². The van der Waals surface area contributed by atoms with Crippen molar-refractivity contribution in [2.75, 3.05) is 19.8 Å². The largest absolute Gasteiger partial charge is 0.379 e. The van der Waals surface area contributed by atoms with E-state index in [1.54, 1.807) is 0 Å². The van der Waals surface area contributed by atoms with Gasteiger partial charge in [0.05, 0.1) is 19.1 Å². The summed E-state index contributed by atoms with van der Waals surface area (Å²) in [6, 6.07) is 0.485. The Kier molecular flexibility index (Phi) is 6.52. The van der Waals surface area contributed by atoms with E-state index in [9.17, 15) is 4.79 Å². The third kappa shape index (κ3) is 4.28. The molecule has 1 fully saturated rings. The minimum absolute atomic E-state index is 0.0258. The quantitative estimate of drug-likeness (QED) is 0.707. The molecule has 1 rings (SSSR count). The minimum Gasteiger partial charge on any atom is -0.379 e. The molecule has 0 bridgehead atoms. The van der Waals surface area contributed by atoms with E-state index in [1.165, 1.54) is 0 Å². The molecule has 1 amide bonds. The zero-order valence-corrected chi connectivity index (χ0v) is 11.3. The van der Waals surface area contributed by atoms with E-state index in [1.807, 2.05) is 0 Å². The maximum absolute atomic E-state index is 12.1. The van der Waals surface area contributed by atoms with Gasteiger partial charge in [-0.05, 0) is 25.8 Å². The Morgan fingerprint density at radius 2 is 2.00 bits per heavy atom. The lowest BCUT2D eigenvalue weighted by atomic mass is 10.0. The predicted molar refractivity (Wildman–Crippen MR) is 68.9 cm³/mol. The number of nitrogens with one attached hydrogen (secondary N) is 2. The van der Waals surface area contributed by atoms with Gasteiger partial charge in [-0.2, -0.15) is 0 Å². The van der Waals surface area contributed by atoms with Crippen molar-refractivity contribution in [3.8, 4) is 0 Å². The molecule has 0 radical (unpaired) electrons. The number of carbonyl (C=O) groups is 1. The van der Waals surface area contributed by atoms with Crippen LogP contribution in [-0.4, -0.2) is 37.7 Å². The SMILES string of the molecule is CCCNC1COCC1C(=O)NC(CC)CC. The fraction of sp³-hybridized carbons (Fsp3) is 0.923. The lowest BCUT2D eigenvalue weighted by molar-refractivity contribution is -0.126. The van der Waals surface area contributed by atoms with Crippen LogP contribution in [0.2, 0.25) is 0 Å². The monoisotopic (exact) mass is 242 g/mol. The summed E-state index contributed by atoms with van der Waals surface area (Å²) < 4.78 is 5.41. The maximum atomic E-state index is 12.1. The Balaban J connectivity index is 2.43. The number of carbonyl (C=O) groups excluding carboxylic acids is 1. The maximum Gasteiger partial charge on any atom is 0.227 e. The van der Waals surface area contributed by atoms with Crippen LogP contribution in [0.25, 0.3) is 0 Å². The Hall–Kier alpha value is -0.610. The molecular weight excluding hydrogens is 216 g/mol. The molecule has 0 aromatic rings. The van der Waals surface area contributed by atoms with Gasteiger partial charge in [-0.3, -0.25) is 4.79 Å². The molecule has 1 aliphatic heterocycles. The second kappa shape index (κ2) is 7.67. The van der Waals surface area contributed by atoms with Crippen LogP contribution in [0.4, 0.5) is 0 Å². The van der Waals surface area contributed by atoms with Gasteiger partial charge in [0.25, 0.3) is 0 Å². The van der Waals surface area contributed by atoms with Crippen molar-refractivity contribution >= 4 is 5.91 Å². The molecule has 2 N–H and O–H groups in total. The molecule has 100 valence electrons. The van der Waals surface area contributed by atoms with Crippen LogP contribution in [0.1, 0.15) is 40.0 Å². The molecule has 17 heavy (non-hydrogen) atoms. The zero-order chi connectivity index (χ0) is 12.7. The fourth-order valence-electron chi connectivity index (χ4n) is 2.14. The highest BCUT2D eigenvalue weighted by molar-refractivity contribution is 5.80. The van der Waals surface area contributed by atoms with Gasteiger partial charge < -0.3 is 15.4 Å². The van der Waals surface area contributed by atoms with Crippen molar-refractivity contribution in [1.29, 1.82) is 0 Å². The average Bonchev–Trinajstić information content (AvgIpc) is 2.81. The smallest absolute Gasteiger partial charge is 0.227 e. The molecule has 2 unspecified atom stereocenters. The molecule has 1 heterocycles. The molecule has 1 saturated heterocycles. The average molecular weight is 242 g/mol. The van der Waals surface area contributed by atoms with Gasteiger partial charge in [-0.25, -0.2) is 0 Å². The molecule has 0 saturated carbocycles. The third-order valence-corrected chi connectivity index (χ3v) is 3.41. The van der Waals surface area contributed by atoms with Crippen molar-refractivity contribution < 1.29 is 9.53 Å². The molecule has 0 aromatic heterocycles. The minimum atomic E-state index is -0.0258. The van der Waals surface area contributed by atoms with Crippen LogP contribution in [0, 0.1) is 5.92 Å². The first-order valence-electron chi connectivity index (χ1n) is 6.84. The van der Waals surface area contributed by atoms with E-state index >= 15 is 0 Å². The molecule has 0 spiro atoms. The number of ether oxygens (including phenoxy) is 1. The van der Waals surface area contributed by atoms with Crippen LogP contribution in [-0.2, 0) is 9.53 Å². The van der Waals surface area contributed by atoms with E-state index < -0.39 is 0 Å². The molecule has 0 aromatic carbocycles. The van der Waals surface area contributed by atoms with Gasteiger partial charge in [0.2, 0.25) is 5.91 Å². The first-order valence-corrected chi connectivity index (χ1v) is 6.84. The summed E-state index contributed by atoms with van der Waals surface area (Å²) in [7, 11) is 0. The molecular formula is C13H26N2O2. The lowest BCUT2D eigenvalue weighted by Crippen LogP contribution is -2.46. The zero-order valence-electron chi connectivity index (χ0n) is 11.3. The summed E-state index contributed by atoms with van der Waals surface area (Å²) in [5, 5.41) is 6.49. The predicted octanol–water partition coefficient (Wildman–Crippen LogP) is 1.31. The first-order chi connectivity index (χ1) is 8.22. The van der Waals surface area contributed by atoms with E-state index in [-0.39, 0.29) is 17.9 Å². The van der Waals surface area contributed by atoms with E-state index in [2.05, 4.69) is 31.4 Å². The van der Waals surface area contributed by atoms with Gasteiger partial charge in [0.15, 0.2) is 0 Å². The lowest BCUT2D eigenvalue weighted by Gasteiger charge is -2.21. The van der Waals surface area contributed by atoms with Crippen LogP contribution in [0.15, 0.2) is 0 Å². The van der Waals surface area contributed by atoms with Crippen molar-refractivity contribution in [2.45, 2.75) is 52.1 Å². The number of hydrogen-bond donors (Lipinski definition) is 2. The summed E-state index contributed by atoms with van der Waals surface area (Å²) in [5.74, 6) is 0.118. The Morgan fingerprint density at radius 3 is 2.59 bits per heavy atom. The van der Waals surface area contributed by atoms with Gasteiger partial charge in [-0.1, -0.05) is 20.8 Å². The Labute approximate surface area is 104 Å².